The minimum atomic E-state index is -1.20. The first-order valence-corrected chi connectivity index (χ1v) is 3.67. The third-order valence-electron chi connectivity index (χ3n) is 1.66. The molecule has 2 N–H and O–H groups in total. The molecule has 0 bridgehead atoms. The summed E-state index contributed by atoms with van der Waals surface area (Å²) < 4.78 is 4.83. The molecule has 0 atom stereocenters. The Morgan fingerprint density at radius 3 is 2.54 bits per heavy atom. The Bertz CT molecular complexity index is 344. The number of methoxy groups -OCH3 is 1. The summed E-state index contributed by atoms with van der Waals surface area (Å²) >= 11 is 0. The summed E-state index contributed by atoms with van der Waals surface area (Å²) in [5, 5.41) is 18.0. The van der Waals surface area contributed by atoms with Crippen molar-refractivity contribution in [1.29, 1.82) is 0 Å². The van der Waals surface area contributed by atoms with Gasteiger partial charge in [0, 0.05) is 0 Å². The molecule has 0 aromatic heterocycles. The maximum Gasteiger partial charge on any atom is 0.343 e. The second-order valence-corrected chi connectivity index (χ2v) is 2.67. The molecule has 0 saturated carbocycles. The van der Waals surface area contributed by atoms with E-state index in [4.69, 9.17) is 9.84 Å². The maximum absolute atomic E-state index is 10.7. The van der Waals surface area contributed by atoms with E-state index in [0.717, 1.165) is 5.56 Å². The van der Waals surface area contributed by atoms with Crippen LogP contribution in [0.3, 0.4) is 0 Å². The number of ether oxygens (including phenoxy) is 1. The summed E-state index contributed by atoms with van der Waals surface area (Å²) in [5.41, 5.74) is 0.549. The van der Waals surface area contributed by atoms with E-state index in [1.54, 1.807) is 13.0 Å². The molecule has 0 saturated heterocycles. The Morgan fingerprint density at radius 2 is 2.08 bits per heavy atom. The standard InChI is InChI=1S/C9H10O4/c1-5-3-6(10)8(9(11)12)7(4-5)13-2/h3-4,10H,1-2H3,(H,11,12). The number of hydrogen-bond donors (Lipinski definition) is 2. The van der Waals surface area contributed by atoms with Gasteiger partial charge in [0.1, 0.15) is 17.1 Å². The van der Waals surface area contributed by atoms with Crippen molar-refractivity contribution in [2.75, 3.05) is 7.11 Å². The molecule has 0 amide bonds. The molecule has 0 spiro atoms. The van der Waals surface area contributed by atoms with Crippen molar-refractivity contribution in [2.45, 2.75) is 6.92 Å². The van der Waals surface area contributed by atoms with Crippen molar-refractivity contribution >= 4 is 5.97 Å². The third-order valence-corrected chi connectivity index (χ3v) is 1.66. The van der Waals surface area contributed by atoms with E-state index in [-0.39, 0.29) is 17.1 Å². The molecule has 0 fully saturated rings. The Balaban J connectivity index is 3.38. The minimum Gasteiger partial charge on any atom is -0.507 e. The average Bonchev–Trinajstić information content (AvgIpc) is 2.01. The fourth-order valence-electron chi connectivity index (χ4n) is 1.11. The van der Waals surface area contributed by atoms with Gasteiger partial charge in [-0.05, 0) is 24.6 Å². The van der Waals surface area contributed by atoms with E-state index < -0.39 is 5.97 Å². The molecule has 13 heavy (non-hydrogen) atoms. The number of rotatable bonds is 2. The Morgan fingerprint density at radius 1 is 1.46 bits per heavy atom. The monoisotopic (exact) mass is 182 g/mol. The molecule has 1 aromatic rings. The number of aromatic hydroxyl groups is 1. The number of carboxylic acid groups (broad SMARTS) is 1. The molecule has 0 radical (unpaired) electrons. The largest absolute Gasteiger partial charge is 0.507 e. The summed E-state index contributed by atoms with van der Waals surface area (Å²) in [4.78, 5) is 10.7. The molecule has 1 aromatic carbocycles. The van der Waals surface area contributed by atoms with Crippen molar-refractivity contribution in [3.8, 4) is 11.5 Å². The van der Waals surface area contributed by atoms with E-state index in [0.29, 0.717) is 0 Å². The van der Waals surface area contributed by atoms with E-state index >= 15 is 0 Å². The summed E-state index contributed by atoms with van der Waals surface area (Å²) in [6.45, 7) is 1.74. The normalized spacial score (nSPS) is 9.69. The topological polar surface area (TPSA) is 66.8 Å². The molecular formula is C9H10O4. The van der Waals surface area contributed by atoms with Gasteiger partial charge in [0.05, 0.1) is 7.11 Å². The van der Waals surface area contributed by atoms with Crippen LogP contribution in [0, 0.1) is 6.92 Å². The van der Waals surface area contributed by atoms with Crippen LogP contribution in [0.2, 0.25) is 0 Å². The van der Waals surface area contributed by atoms with E-state index in [1.165, 1.54) is 13.2 Å². The molecule has 4 heteroatoms. The first-order chi connectivity index (χ1) is 6.06. The highest BCUT2D eigenvalue weighted by atomic mass is 16.5. The number of benzene rings is 1. The number of carboxylic acids is 1. The summed E-state index contributed by atoms with van der Waals surface area (Å²) in [7, 11) is 1.36. The highest BCUT2D eigenvalue weighted by Crippen LogP contribution is 2.28. The maximum atomic E-state index is 10.7. The van der Waals surface area contributed by atoms with Gasteiger partial charge >= 0.3 is 5.97 Å². The molecule has 0 heterocycles. The van der Waals surface area contributed by atoms with E-state index in [1.807, 2.05) is 0 Å². The zero-order valence-electron chi connectivity index (χ0n) is 7.37. The smallest absolute Gasteiger partial charge is 0.343 e. The molecule has 0 aliphatic heterocycles. The van der Waals surface area contributed by atoms with Crippen molar-refractivity contribution in [3.05, 3.63) is 23.3 Å². The molecule has 0 aliphatic carbocycles. The van der Waals surface area contributed by atoms with Gasteiger partial charge in [0.2, 0.25) is 0 Å². The second kappa shape index (κ2) is 3.35. The SMILES string of the molecule is COc1cc(C)cc(O)c1C(=O)O. The van der Waals surface area contributed by atoms with Crippen molar-refractivity contribution < 1.29 is 19.7 Å². The minimum absolute atomic E-state index is 0.171. The first-order valence-electron chi connectivity index (χ1n) is 3.67. The fraction of sp³-hybridized carbons (Fsp3) is 0.222. The number of aromatic carboxylic acids is 1. The Hall–Kier alpha value is -1.71. The third kappa shape index (κ3) is 1.72. The van der Waals surface area contributed by atoms with Crippen LogP contribution in [-0.4, -0.2) is 23.3 Å². The van der Waals surface area contributed by atoms with Crippen LogP contribution in [0.1, 0.15) is 15.9 Å². The van der Waals surface area contributed by atoms with Crippen LogP contribution in [0.5, 0.6) is 11.5 Å². The number of phenols is 1. The van der Waals surface area contributed by atoms with Gasteiger partial charge in [-0.1, -0.05) is 0 Å². The van der Waals surface area contributed by atoms with Gasteiger partial charge in [-0.15, -0.1) is 0 Å². The van der Waals surface area contributed by atoms with Gasteiger partial charge in [-0.25, -0.2) is 4.79 Å². The molecule has 70 valence electrons. The fourth-order valence-corrected chi connectivity index (χ4v) is 1.11. The van der Waals surface area contributed by atoms with E-state index in [9.17, 15) is 9.90 Å². The highest BCUT2D eigenvalue weighted by molar-refractivity contribution is 5.94. The quantitative estimate of drug-likeness (QED) is 0.725. The summed E-state index contributed by atoms with van der Waals surface area (Å²) in [6, 6.07) is 2.94. The zero-order valence-corrected chi connectivity index (χ0v) is 7.37. The van der Waals surface area contributed by atoms with Crippen LogP contribution >= 0.6 is 0 Å². The van der Waals surface area contributed by atoms with E-state index in [2.05, 4.69) is 0 Å². The second-order valence-electron chi connectivity index (χ2n) is 2.67. The highest BCUT2D eigenvalue weighted by Gasteiger charge is 2.16. The predicted octanol–water partition coefficient (Wildman–Crippen LogP) is 1.41. The predicted molar refractivity (Wildman–Crippen MR) is 46.4 cm³/mol. The Kier molecular flexibility index (Phi) is 2.41. The van der Waals surface area contributed by atoms with Crippen LogP contribution in [0.15, 0.2) is 12.1 Å². The molecule has 0 aliphatic rings. The number of hydrogen-bond acceptors (Lipinski definition) is 3. The molecule has 4 nitrogen and oxygen atoms in total. The molecule has 0 unspecified atom stereocenters. The van der Waals surface area contributed by atoms with Gasteiger partial charge in [-0.3, -0.25) is 0 Å². The summed E-state index contributed by atoms with van der Waals surface area (Å²) in [6.07, 6.45) is 0. The van der Waals surface area contributed by atoms with Crippen LogP contribution < -0.4 is 4.74 Å². The van der Waals surface area contributed by atoms with Crippen LogP contribution in [0.4, 0.5) is 0 Å². The zero-order chi connectivity index (χ0) is 10.0. The van der Waals surface area contributed by atoms with Gasteiger partial charge in [0.25, 0.3) is 0 Å². The number of aryl methyl sites for hydroxylation is 1. The van der Waals surface area contributed by atoms with Gasteiger partial charge in [0.15, 0.2) is 0 Å². The van der Waals surface area contributed by atoms with Crippen molar-refractivity contribution in [1.82, 2.24) is 0 Å². The lowest BCUT2D eigenvalue weighted by Crippen LogP contribution is -2.01. The lowest BCUT2D eigenvalue weighted by molar-refractivity contribution is 0.0690. The summed E-state index contributed by atoms with van der Waals surface area (Å²) in [5.74, 6) is -1.30. The first kappa shape index (κ1) is 9.38. The average molecular weight is 182 g/mol. The van der Waals surface area contributed by atoms with Crippen LogP contribution in [-0.2, 0) is 0 Å². The lowest BCUT2D eigenvalue weighted by atomic mass is 10.1. The lowest BCUT2D eigenvalue weighted by Gasteiger charge is -2.07. The number of carbonyl (C=O) groups is 1. The molecular weight excluding hydrogens is 172 g/mol. The Labute approximate surface area is 75.4 Å². The van der Waals surface area contributed by atoms with Gasteiger partial charge < -0.3 is 14.9 Å². The van der Waals surface area contributed by atoms with Crippen molar-refractivity contribution in [2.24, 2.45) is 0 Å². The van der Waals surface area contributed by atoms with Gasteiger partial charge in [-0.2, -0.15) is 0 Å². The van der Waals surface area contributed by atoms with Crippen molar-refractivity contribution in [3.63, 3.8) is 0 Å². The van der Waals surface area contributed by atoms with Crippen LogP contribution in [0.25, 0.3) is 0 Å². The molecule has 1 rings (SSSR count).